The molecule has 0 amide bonds. The van der Waals surface area contributed by atoms with Crippen molar-refractivity contribution in [1.82, 2.24) is 19.7 Å². The molecule has 0 radical (unpaired) electrons. The Morgan fingerprint density at radius 1 is 1.28 bits per heavy atom. The van der Waals surface area contributed by atoms with Gasteiger partial charge < -0.3 is 0 Å². The van der Waals surface area contributed by atoms with E-state index in [1.807, 2.05) is 0 Å². The van der Waals surface area contributed by atoms with E-state index in [4.69, 9.17) is 11.6 Å². The third-order valence-corrected chi connectivity index (χ3v) is 2.92. The third kappa shape index (κ3) is 1.82. The molecule has 1 aromatic carbocycles. The van der Waals surface area contributed by atoms with Crippen LogP contribution in [0.1, 0.15) is 5.56 Å². The minimum Gasteiger partial charge on any atom is -0.244 e. The Morgan fingerprint density at radius 2 is 2.11 bits per heavy atom. The van der Waals surface area contributed by atoms with Crippen LogP contribution in [0.4, 0.5) is 4.39 Å². The second-order valence-corrected chi connectivity index (χ2v) is 4.16. The zero-order valence-corrected chi connectivity index (χ0v) is 9.97. The van der Waals surface area contributed by atoms with Gasteiger partial charge in [-0.15, -0.1) is 0 Å². The first-order chi connectivity index (χ1) is 8.75. The highest BCUT2D eigenvalue weighted by molar-refractivity contribution is 6.34. The van der Waals surface area contributed by atoms with Gasteiger partial charge in [0.05, 0.1) is 11.9 Å². The Bertz CT molecular complexity index is 710. The Morgan fingerprint density at radius 3 is 2.94 bits per heavy atom. The first kappa shape index (κ1) is 11.1. The van der Waals surface area contributed by atoms with E-state index < -0.39 is 0 Å². The van der Waals surface area contributed by atoms with Crippen molar-refractivity contribution in [3.05, 3.63) is 53.3 Å². The Balaban J connectivity index is 2.08. The summed E-state index contributed by atoms with van der Waals surface area (Å²) < 4.78 is 15.1. The van der Waals surface area contributed by atoms with E-state index in [-0.39, 0.29) is 12.4 Å². The summed E-state index contributed by atoms with van der Waals surface area (Å²) in [5, 5.41) is 5.12. The van der Waals surface area contributed by atoms with Crippen LogP contribution in [0, 0.1) is 5.82 Å². The normalized spacial score (nSPS) is 11.0. The van der Waals surface area contributed by atoms with Crippen LogP contribution in [-0.2, 0) is 6.54 Å². The van der Waals surface area contributed by atoms with Gasteiger partial charge in [0, 0.05) is 11.8 Å². The molecule has 0 bridgehead atoms. The summed E-state index contributed by atoms with van der Waals surface area (Å²) in [6.45, 7) is 0.285. The van der Waals surface area contributed by atoms with E-state index in [2.05, 4.69) is 15.1 Å². The number of rotatable bonds is 2. The minimum absolute atomic E-state index is 0.272. The summed E-state index contributed by atoms with van der Waals surface area (Å²) in [6.07, 6.45) is 3.01. The summed E-state index contributed by atoms with van der Waals surface area (Å²) in [5.41, 5.74) is 1.13. The van der Waals surface area contributed by atoms with Gasteiger partial charge in [-0.2, -0.15) is 5.10 Å². The SMILES string of the molecule is Fc1ccccc1Cn1nc(Cl)c2cncnc21. The highest BCUT2D eigenvalue weighted by Gasteiger charge is 2.11. The van der Waals surface area contributed by atoms with Crippen molar-refractivity contribution >= 4 is 22.6 Å². The fourth-order valence-corrected chi connectivity index (χ4v) is 2.00. The molecule has 2 heterocycles. The number of benzene rings is 1. The molecule has 0 saturated heterocycles. The molecule has 3 aromatic rings. The summed E-state index contributed by atoms with van der Waals surface area (Å²) >= 11 is 5.98. The van der Waals surface area contributed by atoms with Crippen LogP contribution in [0.25, 0.3) is 11.0 Å². The van der Waals surface area contributed by atoms with Crippen molar-refractivity contribution in [1.29, 1.82) is 0 Å². The molecule has 3 rings (SSSR count). The maximum atomic E-state index is 13.6. The zero-order valence-electron chi connectivity index (χ0n) is 9.22. The molecule has 0 spiro atoms. The van der Waals surface area contributed by atoms with Crippen molar-refractivity contribution in [2.45, 2.75) is 6.54 Å². The minimum atomic E-state index is -0.272. The van der Waals surface area contributed by atoms with E-state index in [1.165, 1.54) is 12.4 Å². The van der Waals surface area contributed by atoms with Gasteiger partial charge in [0.1, 0.15) is 12.1 Å². The molecule has 0 unspecified atom stereocenters. The van der Waals surface area contributed by atoms with Crippen molar-refractivity contribution < 1.29 is 4.39 Å². The molecule has 0 aliphatic rings. The van der Waals surface area contributed by atoms with Crippen LogP contribution >= 0.6 is 11.6 Å². The van der Waals surface area contributed by atoms with Crippen LogP contribution in [0.2, 0.25) is 5.15 Å². The number of halogens is 2. The molecule has 0 atom stereocenters. The molecule has 0 N–H and O–H groups in total. The number of hydrogen-bond donors (Lipinski definition) is 0. The van der Waals surface area contributed by atoms with Gasteiger partial charge in [0.25, 0.3) is 0 Å². The number of hydrogen-bond acceptors (Lipinski definition) is 3. The lowest BCUT2D eigenvalue weighted by Gasteiger charge is -2.03. The topological polar surface area (TPSA) is 43.6 Å². The molecule has 0 saturated carbocycles. The van der Waals surface area contributed by atoms with Crippen LogP contribution in [0.3, 0.4) is 0 Å². The molecule has 0 aliphatic heterocycles. The largest absolute Gasteiger partial charge is 0.244 e. The fraction of sp³-hybridized carbons (Fsp3) is 0.0833. The first-order valence-corrected chi connectivity index (χ1v) is 5.69. The maximum absolute atomic E-state index is 13.6. The molecule has 90 valence electrons. The fourth-order valence-electron chi connectivity index (χ4n) is 1.78. The number of fused-ring (bicyclic) bond motifs is 1. The quantitative estimate of drug-likeness (QED) is 0.713. The lowest BCUT2D eigenvalue weighted by molar-refractivity contribution is 0.589. The molecule has 18 heavy (non-hydrogen) atoms. The zero-order chi connectivity index (χ0) is 12.5. The Hall–Kier alpha value is -2.01. The predicted octanol–water partition coefficient (Wildman–Crippen LogP) is 2.67. The molecule has 4 nitrogen and oxygen atoms in total. The van der Waals surface area contributed by atoms with E-state index in [0.29, 0.717) is 21.7 Å². The maximum Gasteiger partial charge on any atom is 0.163 e. The summed E-state index contributed by atoms with van der Waals surface area (Å²) in [6, 6.07) is 6.55. The van der Waals surface area contributed by atoms with E-state index in [9.17, 15) is 4.39 Å². The molecule has 6 heteroatoms. The van der Waals surface area contributed by atoms with Crippen LogP contribution in [-0.4, -0.2) is 19.7 Å². The lowest BCUT2D eigenvalue weighted by Crippen LogP contribution is -2.04. The molecule has 2 aromatic heterocycles. The standard InChI is InChI=1S/C12H8ClFN4/c13-11-9-5-15-7-16-12(9)18(17-11)6-8-3-1-2-4-10(8)14/h1-5,7H,6H2. The van der Waals surface area contributed by atoms with Crippen molar-refractivity contribution in [3.63, 3.8) is 0 Å². The molecule has 0 aliphatic carbocycles. The van der Waals surface area contributed by atoms with Gasteiger partial charge in [-0.3, -0.25) is 0 Å². The highest BCUT2D eigenvalue weighted by atomic mass is 35.5. The van der Waals surface area contributed by atoms with Crippen molar-refractivity contribution in [2.24, 2.45) is 0 Å². The molecule has 0 fully saturated rings. The second kappa shape index (κ2) is 4.34. The average molecular weight is 263 g/mol. The van der Waals surface area contributed by atoms with Gasteiger partial charge in [0.2, 0.25) is 0 Å². The Labute approximate surface area is 107 Å². The monoisotopic (exact) mass is 262 g/mol. The smallest absolute Gasteiger partial charge is 0.163 e. The van der Waals surface area contributed by atoms with Gasteiger partial charge in [-0.05, 0) is 6.07 Å². The summed E-state index contributed by atoms with van der Waals surface area (Å²) in [5.74, 6) is -0.272. The number of aromatic nitrogens is 4. The van der Waals surface area contributed by atoms with E-state index in [0.717, 1.165) is 0 Å². The van der Waals surface area contributed by atoms with Crippen LogP contribution in [0.5, 0.6) is 0 Å². The van der Waals surface area contributed by atoms with Crippen LogP contribution < -0.4 is 0 Å². The highest BCUT2D eigenvalue weighted by Crippen LogP contribution is 2.20. The van der Waals surface area contributed by atoms with Crippen molar-refractivity contribution in [3.8, 4) is 0 Å². The molecular weight excluding hydrogens is 255 g/mol. The van der Waals surface area contributed by atoms with E-state index >= 15 is 0 Å². The van der Waals surface area contributed by atoms with Gasteiger partial charge in [-0.1, -0.05) is 29.8 Å². The molecular formula is C12H8ClFN4. The van der Waals surface area contributed by atoms with Gasteiger partial charge in [0.15, 0.2) is 10.8 Å². The average Bonchev–Trinajstić information content (AvgIpc) is 2.70. The van der Waals surface area contributed by atoms with Gasteiger partial charge >= 0.3 is 0 Å². The van der Waals surface area contributed by atoms with Crippen molar-refractivity contribution in [2.75, 3.05) is 0 Å². The van der Waals surface area contributed by atoms with E-state index in [1.54, 1.807) is 29.1 Å². The first-order valence-electron chi connectivity index (χ1n) is 5.31. The van der Waals surface area contributed by atoms with Gasteiger partial charge in [-0.25, -0.2) is 19.0 Å². The lowest BCUT2D eigenvalue weighted by atomic mass is 10.2. The Kier molecular flexibility index (Phi) is 2.68. The summed E-state index contributed by atoms with van der Waals surface area (Å²) in [4.78, 5) is 8.00. The van der Waals surface area contributed by atoms with Crippen LogP contribution in [0.15, 0.2) is 36.8 Å². The summed E-state index contributed by atoms with van der Waals surface area (Å²) in [7, 11) is 0. The second-order valence-electron chi connectivity index (χ2n) is 3.80. The third-order valence-electron chi connectivity index (χ3n) is 2.64. The number of nitrogens with zero attached hydrogens (tertiary/aromatic N) is 4. The predicted molar refractivity (Wildman–Crippen MR) is 65.8 cm³/mol.